The molecule has 5 nitrogen and oxygen atoms in total. The zero-order valence-corrected chi connectivity index (χ0v) is 11.5. The molecule has 0 amide bonds. The molecule has 1 heterocycles. The number of nitro benzene ring substituents is 1. The quantitative estimate of drug-likeness (QED) is 0.656. The summed E-state index contributed by atoms with van der Waals surface area (Å²) in [6.45, 7) is 4.54. The van der Waals surface area contributed by atoms with Gasteiger partial charge < -0.3 is 10.1 Å². The lowest BCUT2D eigenvalue weighted by atomic mass is 10.00. The maximum absolute atomic E-state index is 12.9. The van der Waals surface area contributed by atoms with Crippen LogP contribution in [-0.2, 0) is 11.8 Å². The molecule has 0 bridgehead atoms. The molecule has 0 saturated carbocycles. The van der Waals surface area contributed by atoms with Gasteiger partial charge in [-0.15, -0.1) is 0 Å². The van der Waals surface area contributed by atoms with Crippen LogP contribution in [0.5, 0.6) is 0 Å². The topological polar surface area (TPSA) is 79.2 Å². The average Bonchev–Trinajstić information content (AvgIpc) is 2.63. The fraction of sp³-hybridized carbons (Fsp3) is 0.385. The second kappa shape index (κ2) is 4.45. The minimum atomic E-state index is -4.83. The van der Waals surface area contributed by atoms with E-state index in [1.165, 1.54) is 13.8 Å². The van der Waals surface area contributed by atoms with E-state index in [2.05, 4.69) is 4.98 Å². The van der Waals surface area contributed by atoms with Crippen molar-refractivity contribution in [2.75, 3.05) is 0 Å². The molecule has 0 spiro atoms. The molecule has 0 fully saturated rings. The molecule has 0 unspecified atom stereocenters. The number of hydrogen-bond donors (Lipinski definition) is 2. The van der Waals surface area contributed by atoms with Crippen molar-refractivity contribution in [3.05, 3.63) is 39.1 Å². The predicted molar refractivity (Wildman–Crippen MR) is 69.9 cm³/mol. The van der Waals surface area contributed by atoms with Crippen LogP contribution in [0.2, 0.25) is 0 Å². The first-order valence-corrected chi connectivity index (χ1v) is 6.03. The lowest BCUT2D eigenvalue weighted by Gasteiger charge is -2.16. The highest BCUT2D eigenvalue weighted by molar-refractivity contribution is 5.88. The third kappa shape index (κ3) is 2.58. The van der Waals surface area contributed by atoms with Crippen LogP contribution < -0.4 is 0 Å². The molecular formula is C13H13F3N2O3. The highest BCUT2D eigenvalue weighted by Gasteiger charge is 2.39. The summed E-state index contributed by atoms with van der Waals surface area (Å²) in [5.41, 5.74) is -2.71. The molecule has 1 aromatic heterocycles. The molecule has 8 heteroatoms. The summed E-state index contributed by atoms with van der Waals surface area (Å²) in [6.07, 6.45) is -4.83. The number of nitrogens with zero attached hydrogens (tertiary/aromatic N) is 1. The van der Waals surface area contributed by atoms with E-state index < -0.39 is 28.0 Å². The van der Waals surface area contributed by atoms with Gasteiger partial charge in [0.25, 0.3) is 5.69 Å². The van der Waals surface area contributed by atoms with Crippen LogP contribution in [0.25, 0.3) is 10.9 Å². The van der Waals surface area contributed by atoms with Crippen molar-refractivity contribution < 1.29 is 23.2 Å². The number of nitro groups is 1. The van der Waals surface area contributed by atoms with Crippen LogP contribution in [0.15, 0.2) is 12.1 Å². The summed E-state index contributed by atoms with van der Waals surface area (Å²) in [6, 6.07) is 1.59. The first-order valence-electron chi connectivity index (χ1n) is 6.03. The smallest absolute Gasteiger partial charge is 0.384 e. The van der Waals surface area contributed by atoms with Crippen molar-refractivity contribution in [2.24, 2.45) is 0 Å². The molecule has 1 aromatic carbocycles. The Morgan fingerprint density at radius 1 is 1.29 bits per heavy atom. The van der Waals surface area contributed by atoms with Gasteiger partial charge >= 0.3 is 6.18 Å². The number of aryl methyl sites for hydroxylation is 1. The Bertz CT molecular complexity index is 727. The molecule has 114 valence electrons. The number of nitrogens with one attached hydrogen (secondary N) is 1. The Morgan fingerprint density at radius 3 is 2.29 bits per heavy atom. The van der Waals surface area contributed by atoms with Gasteiger partial charge in [-0.25, -0.2) is 0 Å². The van der Waals surface area contributed by atoms with Crippen LogP contribution in [0.1, 0.15) is 30.7 Å². The molecule has 21 heavy (non-hydrogen) atoms. The number of alkyl halides is 3. The number of fused-ring (bicyclic) bond motifs is 1. The van der Waals surface area contributed by atoms with Gasteiger partial charge in [0.15, 0.2) is 0 Å². The lowest BCUT2D eigenvalue weighted by Crippen LogP contribution is -2.17. The molecule has 2 aromatic rings. The summed E-state index contributed by atoms with van der Waals surface area (Å²) < 4.78 is 38.7. The van der Waals surface area contributed by atoms with E-state index in [4.69, 9.17) is 0 Å². The van der Waals surface area contributed by atoms with Crippen LogP contribution in [0, 0.1) is 17.0 Å². The van der Waals surface area contributed by atoms with E-state index in [-0.39, 0.29) is 10.9 Å². The number of aliphatic hydroxyl groups is 1. The molecule has 2 N–H and O–H groups in total. The minimum Gasteiger partial charge on any atom is -0.384 e. The largest absolute Gasteiger partial charge is 0.423 e. The molecule has 0 aliphatic rings. The third-order valence-electron chi connectivity index (χ3n) is 3.29. The lowest BCUT2D eigenvalue weighted by molar-refractivity contribution is -0.387. The van der Waals surface area contributed by atoms with Crippen LogP contribution in [0.3, 0.4) is 0 Å². The molecule has 2 rings (SSSR count). The van der Waals surface area contributed by atoms with Crippen molar-refractivity contribution in [1.82, 2.24) is 4.98 Å². The highest BCUT2D eigenvalue weighted by atomic mass is 19.4. The Kier molecular flexibility index (Phi) is 3.25. The van der Waals surface area contributed by atoms with Crippen LogP contribution >= 0.6 is 0 Å². The predicted octanol–water partition coefficient (Wildman–Crippen LogP) is 3.63. The maximum Gasteiger partial charge on any atom is 0.423 e. The SMILES string of the molecule is Cc1c(C(C)(C)O)[nH]c2cc(C(F)(F)F)c([N+](=O)[O-])cc12. The zero-order chi connectivity index (χ0) is 16.2. The number of aromatic nitrogens is 1. The van der Waals surface area contributed by atoms with Gasteiger partial charge in [-0.05, 0) is 32.4 Å². The standard InChI is InChI=1S/C13H13F3N2O3/c1-6-7-4-10(18(20)21)8(13(14,15)16)5-9(7)17-11(6)12(2,3)19/h4-5,17,19H,1-3H3. The number of hydrogen-bond acceptors (Lipinski definition) is 3. The second-order valence-corrected chi connectivity index (χ2v) is 5.35. The summed E-state index contributed by atoms with van der Waals surface area (Å²) >= 11 is 0. The van der Waals surface area contributed by atoms with Gasteiger partial charge in [-0.1, -0.05) is 0 Å². The van der Waals surface area contributed by atoms with E-state index >= 15 is 0 Å². The Hall–Kier alpha value is -2.09. The number of aromatic amines is 1. The fourth-order valence-corrected chi connectivity index (χ4v) is 2.35. The van der Waals surface area contributed by atoms with Crippen molar-refractivity contribution in [3.8, 4) is 0 Å². The van der Waals surface area contributed by atoms with Crippen molar-refractivity contribution in [3.63, 3.8) is 0 Å². The normalized spacial score (nSPS) is 12.9. The number of halogens is 3. The zero-order valence-electron chi connectivity index (χ0n) is 11.5. The Morgan fingerprint density at radius 2 is 1.86 bits per heavy atom. The van der Waals surface area contributed by atoms with Gasteiger partial charge in [0.1, 0.15) is 5.56 Å². The number of rotatable bonds is 2. The molecular weight excluding hydrogens is 289 g/mol. The average molecular weight is 302 g/mol. The molecule has 0 aliphatic carbocycles. The monoisotopic (exact) mass is 302 g/mol. The van der Waals surface area contributed by atoms with Crippen LogP contribution in [-0.4, -0.2) is 15.0 Å². The summed E-state index contributed by atoms with van der Waals surface area (Å²) in [5, 5.41) is 21.1. The Balaban J connectivity index is 2.85. The molecule has 0 saturated heterocycles. The Labute approximate surface area is 117 Å². The van der Waals surface area contributed by atoms with E-state index in [1.807, 2.05) is 0 Å². The number of H-pyrrole nitrogens is 1. The van der Waals surface area contributed by atoms with E-state index in [1.54, 1.807) is 6.92 Å². The highest BCUT2D eigenvalue weighted by Crippen LogP contribution is 2.40. The summed E-state index contributed by atoms with van der Waals surface area (Å²) in [7, 11) is 0. The van der Waals surface area contributed by atoms with Crippen molar-refractivity contribution >= 4 is 16.6 Å². The van der Waals surface area contributed by atoms with E-state index in [9.17, 15) is 28.4 Å². The first-order chi connectivity index (χ1) is 9.43. The third-order valence-corrected chi connectivity index (χ3v) is 3.29. The van der Waals surface area contributed by atoms with E-state index in [0.29, 0.717) is 17.3 Å². The summed E-state index contributed by atoms with van der Waals surface area (Å²) in [5.74, 6) is 0. The molecule has 0 radical (unpaired) electrons. The summed E-state index contributed by atoms with van der Waals surface area (Å²) in [4.78, 5) is 12.5. The minimum absolute atomic E-state index is 0.0996. The van der Waals surface area contributed by atoms with Gasteiger partial charge in [0.2, 0.25) is 0 Å². The van der Waals surface area contributed by atoms with Gasteiger partial charge in [-0.3, -0.25) is 10.1 Å². The molecule has 0 atom stereocenters. The van der Waals surface area contributed by atoms with Crippen molar-refractivity contribution in [1.29, 1.82) is 0 Å². The molecule has 0 aliphatic heterocycles. The number of benzene rings is 1. The van der Waals surface area contributed by atoms with Gasteiger partial charge in [0.05, 0.1) is 16.2 Å². The van der Waals surface area contributed by atoms with Gasteiger partial charge in [0, 0.05) is 17.0 Å². The van der Waals surface area contributed by atoms with Gasteiger partial charge in [-0.2, -0.15) is 13.2 Å². The van der Waals surface area contributed by atoms with Crippen LogP contribution in [0.4, 0.5) is 18.9 Å². The first kappa shape index (κ1) is 15.3. The fourth-order valence-electron chi connectivity index (χ4n) is 2.35. The van der Waals surface area contributed by atoms with Crippen molar-refractivity contribution in [2.45, 2.75) is 32.5 Å². The maximum atomic E-state index is 12.9. The second-order valence-electron chi connectivity index (χ2n) is 5.35. The van der Waals surface area contributed by atoms with E-state index in [0.717, 1.165) is 6.07 Å².